The van der Waals surface area contributed by atoms with Gasteiger partial charge in [0.1, 0.15) is 0 Å². The molecule has 2 atom stereocenters. The standard InChI is InChI=1S/C18H27ClN2/c1-2-11-20-13-15-7-5-8-16(19)18(15)21-12-10-14-6-3-4-9-17(14)21/h5,7-8,14,17,20H,2-4,6,9-13H2,1H3. The number of fused-ring (bicyclic) bond motifs is 1. The first-order valence-corrected chi connectivity index (χ1v) is 8.93. The minimum Gasteiger partial charge on any atom is -0.367 e. The molecule has 1 saturated heterocycles. The van der Waals surface area contributed by atoms with Crippen LogP contribution in [0, 0.1) is 5.92 Å². The summed E-state index contributed by atoms with van der Waals surface area (Å²) in [6, 6.07) is 7.10. The molecule has 0 radical (unpaired) electrons. The van der Waals surface area contributed by atoms with Gasteiger partial charge in [-0.15, -0.1) is 0 Å². The van der Waals surface area contributed by atoms with Crippen molar-refractivity contribution in [2.75, 3.05) is 18.0 Å². The molecule has 21 heavy (non-hydrogen) atoms. The number of para-hydroxylation sites is 1. The zero-order valence-electron chi connectivity index (χ0n) is 13.1. The van der Waals surface area contributed by atoms with E-state index in [9.17, 15) is 0 Å². The number of benzene rings is 1. The lowest BCUT2D eigenvalue weighted by molar-refractivity contribution is 0.342. The van der Waals surface area contributed by atoms with Crippen LogP contribution in [0.1, 0.15) is 51.0 Å². The normalized spacial score (nSPS) is 25.1. The van der Waals surface area contributed by atoms with Gasteiger partial charge in [-0.25, -0.2) is 0 Å². The highest BCUT2D eigenvalue weighted by molar-refractivity contribution is 6.33. The maximum Gasteiger partial charge on any atom is 0.0643 e. The molecule has 1 saturated carbocycles. The molecular weight excluding hydrogens is 280 g/mol. The first kappa shape index (κ1) is 15.2. The Morgan fingerprint density at radius 3 is 2.95 bits per heavy atom. The van der Waals surface area contributed by atoms with Crippen LogP contribution in [0.25, 0.3) is 0 Å². The van der Waals surface area contributed by atoms with Gasteiger partial charge in [-0.3, -0.25) is 0 Å². The molecule has 1 aliphatic carbocycles. The van der Waals surface area contributed by atoms with Gasteiger partial charge < -0.3 is 10.2 Å². The molecule has 1 N–H and O–H groups in total. The first-order chi connectivity index (χ1) is 10.3. The summed E-state index contributed by atoms with van der Waals surface area (Å²) in [6.45, 7) is 5.38. The molecule has 0 spiro atoms. The Morgan fingerprint density at radius 2 is 2.10 bits per heavy atom. The maximum absolute atomic E-state index is 6.58. The van der Waals surface area contributed by atoms with Crippen molar-refractivity contribution in [3.63, 3.8) is 0 Å². The van der Waals surface area contributed by atoms with E-state index < -0.39 is 0 Å². The molecule has 2 unspecified atom stereocenters. The van der Waals surface area contributed by atoms with Gasteiger partial charge in [0.05, 0.1) is 10.7 Å². The topological polar surface area (TPSA) is 15.3 Å². The number of rotatable bonds is 5. The lowest BCUT2D eigenvalue weighted by Gasteiger charge is -2.35. The van der Waals surface area contributed by atoms with Crippen molar-refractivity contribution >= 4 is 17.3 Å². The highest BCUT2D eigenvalue weighted by Crippen LogP contribution is 2.42. The Kier molecular flexibility index (Phi) is 5.07. The summed E-state index contributed by atoms with van der Waals surface area (Å²) in [6.07, 6.45) is 8.07. The largest absolute Gasteiger partial charge is 0.367 e. The third-order valence-electron chi connectivity index (χ3n) is 5.11. The summed E-state index contributed by atoms with van der Waals surface area (Å²) in [4.78, 5) is 2.62. The summed E-state index contributed by atoms with van der Waals surface area (Å²) < 4.78 is 0. The summed E-state index contributed by atoms with van der Waals surface area (Å²) in [5, 5.41) is 4.46. The molecule has 3 rings (SSSR count). The molecule has 3 heteroatoms. The minimum atomic E-state index is 0.726. The third kappa shape index (κ3) is 3.22. The minimum absolute atomic E-state index is 0.726. The predicted molar refractivity (Wildman–Crippen MR) is 91.2 cm³/mol. The number of nitrogens with one attached hydrogen (secondary N) is 1. The van der Waals surface area contributed by atoms with Gasteiger partial charge in [0, 0.05) is 19.1 Å². The van der Waals surface area contributed by atoms with Crippen LogP contribution < -0.4 is 10.2 Å². The predicted octanol–water partition coefficient (Wildman–Crippen LogP) is 4.61. The maximum atomic E-state index is 6.58. The number of nitrogens with zero attached hydrogens (tertiary/aromatic N) is 1. The van der Waals surface area contributed by atoms with E-state index in [1.54, 1.807) is 0 Å². The summed E-state index contributed by atoms with van der Waals surface area (Å²) in [5.74, 6) is 0.895. The van der Waals surface area contributed by atoms with Gasteiger partial charge in [0.25, 0.3) is 0 Å². The molecule has 2 nitrogen and oxygen atoms in total. The molecule has 1 aromatic rings. The summed E-state index contributed by atoms with van der Waals surface area (Å²) in [7, 11) is 0. The highest BCUT2D eigenvalue weighted by atomic mass is 35.5. The second-order valence-corrected chi connectivity index (χ2v) is 6.93. The van der Waals surface area contributed by atoms with Crippen LogP contribution in [0.15, 0.2) is 18.2 Å². The van der Waals surface area contributed by atoms with Crippen LogP contribution in [0.3, 0.4) is 0 Å². The lowest BCUT2D eigenvalue weighted by atomic mass is 9.85. The fraction of sp³-hybridized carbons (Fsp3) is 0.667. The van der Waals surface area contributed by atoms with Crippen LogP contribution in [0.4, 0.5) is 5.69 Å². The van der Waals surface area contributed by atoms with Crippen LogP contribution in [0.2, 0.25) is 5.02 Å². The number of halogens is 1. The Bertz CT molecular complexity index is 474. The monoisotopic (exact) mass is 306 g/mol. The second-order valence-electron chi connectivity index (χ2n) is 6.52. The molecule has 1 aliphatic heterocycles. The van der Waals surface area contributed by atoms with Gasteiger partial charge in [-0.05, 0) is 49.8 Å². The van der Waals surface area contributed by atoms with E-state index in [4.69, 9.17) is 11.6 Å². The average molecular weight is 307 g/mol. The SMILES string of the molecule is CCCNCc1cccc(Cl)c1N1CCC2CCCCC21. The Balaban J connectivity index is 1.83. The molecule has 2 aliphatic rings. The Labute approximate surface area is 133 Å². The smallest absolute Gasteiger partial charge is 0.0643 e. The van der Waals surface area contributed by atoms with Gasteiger partial charge in [-0.1, -0.05) is 43.5 Å². The summed E-state index contributed by atoms with van der Waals surface area (Å²) in [5.41, 5.74) is 2.67. The van der Waals surface area contributed by atoms with E-state index in [2.05, 4.69) is 35.3 Å². The van der Waals surface area contributed by atoms with Gasteiger partial charge in [0.2, 0.25) is 0 Å². The molecule has 2 fully saturated rings. The van der Waals surface area contributed by atoms with Crippen LogP contribution in [0.5, 0.6) is 0 Å². The van der Waals surface area contributed by atoms with E-state index in [-0.39, 0.29) is 0 Å². The van der Waals surface area contributed by atoms with Crippen LogP contribution >= 0.6 is 11.6 Å². The molecule has 1 aromatic carbocycles. The number of hydrogen-bond donors (Lipinski definition) is 1. The van der Waals surface area contributed by atoms with E-state index >= 15 is 0 Å². The molecule has 0 aromatic heterocycles. The average Bonchev–Trinajstić information content (AvgIpc) is 2.92. The Hall–Kier alpha value is -0.730. The van der Waals surface area contributed by atoms with Crippen LogP contribution in [-0.4, -0.2) is 19.1 Å². The van der Waals surface area contributed by atoms with Crippen molar-refractivity contribution < 1.29 is 0 Å². The van der Waals surface area contributed by atoms with Crippen molar-refractivity contribution in [3.05, 3.63) is 28.8 Å². The van der Waals surface area contributed by atoms with E-state index in [0.717, 1.165) is 30.1 Å². The van der Waals surface area contributed by atoms with E-state index in [0.29, 0.717) is 0 Å². The van der Waals surface area contributed by atoms with E-state index in [1.165, 1.54) is 56.3 Å². The quantitative estimate of drug-likeness (QED) is 0.799. The molecule has 116 valence electrons. The van der Waals surface area contributed by atoms with Crippen molar-refractivity contribution in [2.24, 2.45) is 5.92 Å². The zero-order valence-corrected chi connectivity index (χ0v) is 13.8. The third-order valence-corrected chi connectivity index (χ3v) is 5.41. The fourth-order valence-electron chi connectivity index (χ4n) is 4.11. The molecular formula is C18H27ClN2. The lowest BCUT2D eigenvalue weighted by Crippen LogP contribution is -2.35. The second kappa shape index (κ2) is 7.02. The van der Waals surface area contributed by atoms with E-state index in [1.807, 2.05) is 0 Å². The van der Waals surface area contributed by atoms with Crippen molar-refractivity contribution in [1.29, 1.82) is 0 Å². The highest BCUT2D eigenvalue weighted by Gasteiger charge is 2.37. The van der Waals surface area contributed by atoms with Crippen molar-refractivity contribution in [3.8, 4) is 0 Å². The van der Waals surface area contributed by atoms with Crippen molar-refractivity contribution in [1.82, 2.24) is 5.32 Å². The Morgan fingerprint density at radius 1 is 1.24 bits per heavy atom. The number of anilines is 1. The number of hydrogen-bond acceptors (Lipinski definition) is 2. The van der Waals surface area contributed by atoms with Gasteiger partial charge in [-0.2, -0.15) is 0 Å². The molecule has 0 amide bonds. The summed E-state index contributed by atoms with van der Waals surface area (Å²) >= 11 is 6.58. The van der Waals surface area contributed by atoms with Gasteiger partial charge >= 0.3 is 0 Å². The van der Waals surface area contributed by atoms with Crippen molar-refractivity contribution in [2.45, 2.75) is 58.0 Å². The molecule has 1 heterocycles. The first-order valence-electron chi connectivity index (χ1n) is 8.56. The zero-order chi connectivity index (χ0) is 14.7. The fourth-order valence-corrected chi connectivity index (χ4v) is 4.41. The van der Waals surface area contributed by atoms with Gasteiger partial charge in [0.15, 0.2) is 0 Å². The van der Waals surface area contributed by atoms with Crippen LogP contribution in [-0.2, 0) is 6.54 Å². The molecule has 0 bridgehead atoms.